The third-order valence-electron chi connectivity index (χ3n) is 5.22. The van der Waals surface area contributed by atoms with E-state index < -0.39 is 0 Å². The molecule has 0 saturated carbocycles. The van der Waals surface area contributed by atoms with Crippen molar-refractivity contribution in [2.24, 2.45) is 7.05 Å². The standard InChI is InChI=1S/C22H24N2O2/c1-3-26-17-12-10-16(11-13-17)20-9-6-14-24(20)22(25)19-15-23(2)21-8-5-4-7-18(19)21/h4-5,7-8,10-13,15,20H,3,6,9,14H2,1-2H3. The van der Waals surface area contributed by atoms with Crippen molar-refractivity contribution in [2.75, 3.05) is 13.2 Å². The molecule has 1 aliphatic heterocycles. The number of likely N-dealkylation sites (tertiary alicyclic amines) is 1. The molecule has 1 aromatic heterocycles. The number of hydrogen-bond donors (Lipinski definition) is 0. The Labute approximate surface area is 154 Å². The number of carbonyl (C=O) groups excluding carboxylic acids is 1. The summed E-state index contributed by atoms with van der Waals surface area (Å²) in [4.78, 5) is 15.3. The first-order valence-electron chi connectivity index (χ1n) is 9.27. The summed E-state index contributed by atoms with van der Waals surface area (Å²) in [5.41, 5.74) is 3.06. The Morgan fingerprint density at radius 1 is 1.15 bits per heavy atom. The molecule has 1 unspecified atom stereocenters. The van der Waals surface area contributed by atoms with Crippen LogP contribution in [0.4, 0.5) is 0 Å². The number of para-hydroxylation sites is 1. The molecule has 2 heterocycles. The van der Waals surface area contributed by atoms with Gasteiger partial charge >= 0.3 is 0 Å². The zero-order chi connectivity index (χ0) is 18.1. The normalized spacial score (nSPS) is 17.0. The Morgan fingerprint density at radius 2 is 1.92 bits per heavy atom. The Kier molecular flexibility index (Phi) is 4.41. The molecule has 0 spiro atoms. The van der Waals surface area contributed by atoms with Gasteiger partial charge in [-0.05, 0) is 43.5 Å². The van der Waals surface area contributed by atoms with Gasteiger partial charge in [-0.15, -0.1) is 0 Å². The second-order valence-corrected chi connectivity index (χ2v) is 6.83. The molecule has 4 nitrogen and oxygen atoms in total. The van der Waals surface area contributed by atoms with Crippen LogP contribution in [0, 0.1) is 0 Å². The Balaban J connectivity index is 1.64. The van der Waals surface area contributed by atoms with E-state index in [9.17, 15) is 4.79 Å². The van der Waals surface area contributed by atoms with Gasteiger partial charge in [0.15, 0.2) is 0 Å². The van der Waals surface area contributed by atoms with Gasteiger partial charge < -0.3 is 14.2 Å². The van der Waals surface area contributed by atoms with Gasteiger partial charge in [-0.25, -0.2) is 0 Å². The molecule has 1 atom stereocenters. The average molecular weight is 348 g/mol. The fraction of sp³-hybridized carbons (Fsp3) is 0.318. The maximum absolute atomic E-state index is 13.3. The third kappa shape index (κ3) is 2.85. The fourth-order valence-electron chi connectivity index (χ4n) is 3.98. The van der Waals surface area contributed by atoms with Crippen molar-refractivity contribution in [3.8, 4) is 5.75 Å². The number of ether oxygens (including phenoxy) is 1. The van der Waals surface area contributed by atoms with Gasteiger partial charge in [0, 0.05) is 30.7 Å². The van der Waals surface area contributed by atoms with Crippen LogP contribution in [0.3, 0.4) is 0 Å². The maximum Gasteiger partial charge on any atom is 0.256 e. The number of aromatic nitrogens is 1. The molecule has 3 aromatic rings. The molecule has 0 bridgehead atoms. The van der Waals surface area contributed by atoms with Gasteiger partial charge in [0.05, 0.1) is 18.2 Å². The first kappa shape index (κ1) is 16.7. The maximum atomic E-state index is 13.3. The van der Waals surface area contributed by atoms with Crippen molar-refractivity contribution in [1.82, 2.24) is 9.47 Å². The summed E-state index contributed by atoms with van der Waals surface area (Å²) < 4.78 is 7.57. The number of benzene rings is 2. The lowest BCUT2D eigenvalue weighted by atomic mass is 10.0. The van der Waals surface area contributed by atoms with Crippen LogP contribution in [0.1, 0.15) is 41.7 Å². The number of carbonyl (C=O) groups is 1. The van der Waals surface area contributed by atoms with Gasteiger partial charge in [-0.1, -0.05) is 30.3 Å². The van der Waals surface area contributed by atoms with Crippen LogP contribution >= 0.6 is 0 Å². The quantitative estimate of drug-likeness (QED) is 0.693. The number of fused-ring (bicyclic) bond motifs is 1. The van der Waals surface area contributed by atoms with E-state index in [2.05, 4.69) is 18.2 Å². The minimum absolute atomic E-state index is 0.123. The minimum Gasteiger partial charge on any atom is -0.494 e. The topological polar surface area (TPSA) is 34.5 Å². The highest BCUT2D eigenvalue weighted by molar-refractivity contribution is 6.07. The van der Waals surface area contributed by atoms with Gasteiger partial charge in [0.25, 0.3) is 5.91 Å². The molecule has 2 aromatic carbocycles. The molecule has 26 heavy (non-hydrogen) atoms. The van der Waals surface area contributed by atoms with E-state index in [-0.39, 0.29) is 11.9 Å². The van der Waals surface area contributed by atoms with E-state index >= 15 is 0 Å². The van der Waals surface area contributed by atoms with Crippen LogP contribution in [0.25, 0.3) is 10.9 Å². The predicted molar refractivity (Wildman–Crippen MR) is 104 cm³/mol. The van der Waals surface area contributed by atoms with E-state index in [0.29, 0.717) is 6.61 Å². The zero-order valence-corrected chi connectivity index (χ0v) is 15.3. The van der Waals surface area contributed by atoms with Crippen molar-refractivity contribution >= 4 is 16.8 Å². The molecular formula is C22H24N2O2. The van der Waals surface area contributed by atoms with Crippen molar-refractivity contribution in [3.63, 3.8) is 0 Å². The SMILES string of the molecule is CCOc1ccc(C2CCCN2C(=O)c2cn(C)c3ccccc23)cc1. The molecule has 4 heteroatoms. The predicted octanol–water partition coefficient (Wildman–Crippen LogP) is 4.55. The molecule has 1 aliphatic rings. The number of aryl methyl sites for hydroxylation is 1. The van der Waals surface area contributed by atoms with E-state index in [1.54, 1.807) is 0 Å². The highest BCUT2D eigenvalue weighted by Gasteiger charge is 2.31. The molecule has 0 radical (unpaired) electrons. The first-order valence-corrected chi connectivity index (χ1v) is 9.27. The van der Waals surface area contributed by atoms with Crippen molar-refractivity contribution in [2.45, 2.75) is 25.8 Å². The van der Waals surface area contributed by atoms with Crippen molar-refractivity contribution in [3.05, 3.63) is 65.9 Å². The van der Waals surface area contributed by atoms with Crippen LogP contribution < -0.4 is 4.74 Å². The Morgan fingerprint density at radius 3 is 2.69 bits per heavy atom. The van der Waals surface area contributed by atoms with Crippen LogP contribution in [0.5, 0.6) is 5.75 Å². The number of nitrogens with zero attached hydrogens (tertiary/aromatic N) is 2. The molecule has 4 rings (SSSR count). The van der Waals surface area contributed by atoms with Gasteiger partial charge in [0.1, 0.15) is 5.75 Å². The van der Waals surface area contributed by atoms with E-state index in [1.165, 1.54) is 5.56 Å². The van der Waals surface area contributed by atoms with E-state index in [4.69, 9.17) is 4.74 Å². The summed E-state index contributed by atoms with van der Waals surface area (Å²) in [5, 5.41) is 1.03. The molecule has 1 saturated heterocycles. The largest absolute Gasteiger partial charge is 0.494 e. The van der Waals surface area contributed by atoms with Gasteiger partial charge in [0.2, 0.25) is 0 Å². The molecule has 0 N–H and O–H groups in total. The molecular weight excluding hydrogens is 324 g/mol. The smallest absolute Gasteiger partial charge is 0.256 e. The van der Waals surface area contributed by atoms with Crippen LogP contribution in [0.15, 0.2) is 54.7 Å². The second-order valence-electron chi connectivity index (χ2n) is 6.83. The summed E-state index contributed by atoms with van der Waals surface area (Å²) in [6, 6.07) is 16.4. The highest BCUT2D eigenvalue weighted by Crippen LogP contribution is 2.35. The minimum atomic E-state index is 0.123. The summed E-state index contributed by atoms with van der Waals surface area (Å²) in [7, 11) is 1.99. The third-order valence-corrected chi connectivity index (χ3v) is 5.22. The summed E-state index contributed by atoms with van der Waals surface area (Å²) in [5.74, 6) is 0.999. The summed E-state index contributed by atoms with van der Waals surface area (Å²) in [6.45, 7) is 3.45. The van der Waals surface area contributed by atoms with Crippen LogP contribution in [-0.2, 0) is 7.05 Å². The van der Waals surface area contributed by atoms with Crippen molar-refractivity contribution < 1.29 is 9.53 Å². The molecule has 134 valence electrons. The summed E-state index contributed by atoms with van der Waals surface area (Å²) in [6.07, 6.45) is 4.00. The fourth-order valence-corrected chi connectivity index (χ4v) is 3.98. The zero-order valence-electron chi connectivity index (χ0n) is 15.3. The molecule has 0 aliphatic carbocycles. The average Bonchev–Trinajstić information content (AvgIpc) is 3.28. The lowest BCUT2D eigenvalue weighted by molar-refractivity contribution is 0.0737. The highest BCUT2D eigenvalue weighted by atomic mass is 16.5. The number of rotatable bonds is 4. The lowest BCUT2D eigenvalue weighted by Crippen LogP contribution is -2.30. The molecule has 1 fully saturated rings. The first-order chi connectivity index (χ1) is 12.7. The van der Waals surface area contributed by atoms with Crippen LogP contribution in [-0.4, -0.2) is 28.5 Å². The van der Waals surface area contributed by atoms with Crippen LogP contribution in [0.2, 0.25) is 0 Å². The molecule has 1 amide bonds. The Hall–Kier alpha value is -2.75. The monoisotopic (exact) mass is 348 g/mol. The van der Waals surface area contributed by atoms with Gasteiger partial charge in [-0.2, -0.15) is 0 Å². The van der Waals surface area contributed by atoms with E-state index in [1.807, 2.05) is 60.0 Å². The summed E-state index contributed by atoms with van der Waals surface area (Å²) >= 11 is 0. The van der Waals surface area contributed by atoms with E-state index in [0.717, 1.165) is 41.6 Å². The van der Waals surface area contributed by atoms with Crippen molar-refractivity contribution in [1.29, 1.82) is 0 Å². The van der Waals surface area contributed by atoms with Gasteiger partial charge in [-0.3, -0.25) is 4.79 Å². The number of amides is 1. The lowest BCUT2D eigenvalue weighted by Gasteiger charge is -2.25. The second kappa shape index (κ2) is 6.87. The Bertz CT molecular complexity index is 927. The number of hydrogen-bond acceptors (Lipinski definition) is 2.